The average Bonchev–Trinajstić information content (AvgIpc) is 2.30. The molecule has 1 aromatic rings. The topological polar surface area (TPSA) is 46.5 Å². The van der Waals surface area contributed by atoms with Crippen molar-refractivity contribution in [2.75, 3.05) is 6.61 Å². The molecule has 1 N–H and O–H groups in total. The van der Waals surface area contributed by atoms with Crippen molar-refractivity contribution < 1.29 is 14.6 Å². The normalized spacial score (nSPS) is 25.3. The molecule has 0 spiro atoms. The molecule has 2 unspecified atom stereocenters. The smallest absolute Gasteiger partial charge is 0.306 e. The molecule has 0 saturated carbocycles. The van der Waals surface area contributed by atoms with Gasteiger partial charge in [0.05, 0.1) is 12.0 Å². The monoisotopic (exact) mass is 220 g/mol. The number of ether oxygens (including phenoxy) is 1. The number of aliphatic carboxylic acids is 1. The highest BCUT2D eigenvalue weighted by Gasteiger charge is 2.28. The van der Waals surface area contributed by atoms with Gasteiger partial charge in [-0.1, -0.05) is 29.8 Å². The summed E-state index contributed by atoms with van der Waals surface area (Å²) >= 11 is 0. The number of benzene rings is 1. The summed E-state index contributed by atoms with van der Waals surface area (Å²) in [5.41, 5.74) is 2.28. The second-order valence-corrected chi connectivity index (χ2v) is 4.33. The molecule has 1 aliphatic heterocycles. The number of rotatable bonds is 2. The van der Waals surface area contributed by atoms with Gasteiger partial charge in [-0.2, -0.15) is 0 Å². The molecular formula is C13H16O3. The molecule has 2 rings (SSSR count). The van der Waals surface area contributed by atoms with Gasteiger partial charge < -0.3 is 9.84 Å². The molecule has 86 valence electrons. The van der Waals surface area contributed by atoms with Crippen LogP contribution in [0.2, 0.25) is 0 Å². The summed E-state index contributed by atoms with van der Waals surface area (Å²) in [6, 6.07) is 8.10. The third-order valence-electron chi connectivity index (χ3n) is 3.08. The molecule has 0 amide bonds. The van der Waals surface area contributed by atoms with Crippen LogP contribution in [0, 0.1) is 12.8 Å². The van der Waals surface area contributed by atoms with Crippen LogP contribution in [0.25, 0.3) is 0 Å². The molecular weight excluding hydrogens is 204 g/mol. The first-order valence-electron chi connectivity index (χ1n) is 5.58. The Morgan fingerprint density at radius 3 is 2.69 bits per heavy atom. The van der Waals surface area contributed by atoms with Crippen LogP contribution in [0.3, 0.4) is 0 Å². The molecule has 1 fully saturated rings. The number of hydrogen-bond acceptors (Lipinski definition) is 2. The van der Waals surface area contributed by atoms with Gasteiger partial charge in [0.1, 0.15) is 0 Å². The Morgan fingerprint density at radius 1 is 1.38 bits per heavy atom. The fourth-order valence-corrected chi connectivity index (χ4v) is 2.03. The first kappa shape index (κ1) is 11.1. The zero-order valence-corrected chi connectivity index (χ0v) is 9.35. The second-order valence-electron chi connectivity index (χ2n) is 4.33. The molecule has 0 bridgehead atoms. The van der Waals surface area contributed by atoms with E-state index in [1.54, 1.807) is 0 Å². The van der Waals surface area contributed by atoms with E-state index in [9.17, 15) is 4.79 Å². The summed E-state index contributed by atoms with van der Waals surface area (Å²) in [6.45, 7) is 2.57. The molecule has 0 aliphatic carbocycles. The Bertz CT molecular complexity index is 369. The van der Waals surface area contributed by atoms with Gasteiger partial charge in [-0.15, -0.1) is 0 Å². The Balaban J connectivity index is 2.09. The van der Waals surface area contributed by atoms with E-state index in [0.717, 1.165) is 5.56 Å². The van der Waals surface area contributed by atoms with Crippen LogP contribution in [-0.2, 0) is 9.53 Å². The van der Waals surface area contributed by atoms with Crippen molar-refractivity contribution in [1.82, 2.24) is 0 Å². The Hall–Kier alpha value is -1.35. The minimum atomic E-state index is -0.708. The maximum Gasteiger partial charge on any atom is 0.306 e. The maximum absolute atomic E-state index is 10.9. The van der Waals surface area contributed by atoms with Crippen LogP contribution < -0.4 is 0 Å². The third-order valence-corrected chi connectivity index (χ3v) is 3.08. The van der Waals surface area contributed by atoms with E-state index >= 15 is 0 Å². The molecule has 2 atom stereocenters. The van der Waals surface area contributed by atoms with Crippen LogP contribution in [0.5, 0.6) is 0 Å². The van der Waals surface area contributed by atoms with Gasteiger partial charge in [0.2, 0.25) is 0 Å². The van der Waals surface area contributed by atoms with Crippen LogP contribution in [0.15, 0.2) is 24.3 Å². The summed E-state index contributed by atoms with van der Waals surface area (Å²) in [6.07, 6.45) is 1.14. The van der Waals surface area contributed by atoms with E-state index in [2.05, 4.69) is 0 Å². The van der Waals surface area contributed by atoms with Crippen molar-refractivity contribution in [2.45, 2.75) is 25.9 Å². The summed E-state index contributed by atoms with van der Waals surface area (Å²) < 4.78 is 5.62. The number of carboxylic acids is 1. The van der Waals surface area contributed by atoms with Crippen molar-refractivity contribution in [3.8, 4) is 0 Å². The van der Waals surface area contributed by atoms with Crippen molar-refractivity contribution >= 4 is 5.97 Å². The molecule has 1 heterocycles. The SMILES string of the molecule is Cc1ccc(C2CC(C(=O)O)CCO2)cc1. The molecule has 0 aromatic heterocycles. The van der Waals surface area contributed by atoms with E-state index in [4.69, 9.17) is 9.84 Å². The number of carboxylic acid groups (broad SMARTS) is 1. The lowest BCUT2D eigenvalue weighted by Gasteiger charge is -2.27. The molecule has 16 heavy (non-hydrogen) atoms. The lowest BCUT2D eigenvalue weighted by molar-refractivity contribution is -0.147. The van der Waals surface area contributed by atoms with Crippen LogP contribution in [-0.4, -0.2) is 17.7 Å². The molecule has 1 aromatic carbocycles. The van der Waals surface area contributed by atoms with E-state index < -0.39 is 5.97 Å². The number of hydrogen-bond donors (Lipinski definition) is 1. The third kappa shape index (κ3) is 2.42. The second kappa shape index (κ2) is 4.66. The molecule has 3 nitrogen and oxygen atoms in total. The first-order chi connectivity index (χ1) is 7.66. The van der Waals surface area contributed by atoms with E-state index in [1.165, 1.54) is 5.56 Å². The Kier molecular flexibility index (Phi) is 3.25. The maximum atomic E-state index is 10.9. The molecule has 1 saturated heterocycles. The fraction of sp³-hybridized carbons (Fsp3) is 0.462. The summed E-state index contributed by atoms with van der Waals surface area (Å²) in [4.78, 5) is 10.9. The van der Waals surface area contributed by atoms with E-state index in [0.29, 0.717) is 19.4 Å². The summed E-state index contributed by atoms with van der Waals surface area (Å²) in [5.74, 6) is -0.972. The standard InChI is InChI=1S/C13H16O3/c1-9-2-4-10(5-3-9)12-8-11(13(14)15)6-7-16-12/h2-5,11-12H,6-8H2,1H3,(H,14,15). The highest BCUT2D eigenvalue weighted by atomic mass is 16.5. The minimum Gasteiger partial charge on any atom is -0.481 e. The number of carbonyl (C=O) groups is 1. The highest BCUT2D eigenvalue weighted by molar-refractivity contribution is 5.70. The highest BCUT2D eigenvalue weighted by Crippen LogP contribution is 2.31. The zero-order valence-electron chi connectivity index (χ0n) is 9.35. The van der Waals surface area contributed by atoms with Crippen molar-refractivity contribution in [1.29, 1.82) is 0 Å². The predicted molar refractivity (Wildman–Crippen MR) is 60.2 cm³/mol. The number of aryl methyl sites for hydroxylation is 1. The van der Waals surface area contributed by atoms with Crippen LogP contribution in [0.4, 0.5) is 0 Å². The fourth-order valence-electron chi connectivity index (χ4n) is 2.03. The van der Waals surface area contributed by atoms with Gasteiger partial charge in [0.15, 0.2) is 0 Å². The van der Waals surface area contributed by atoms with Crippen LogP contribution >= 0.6 is 0 Å². The zero-order chi connectivity index (χ0) is 11.5. The molecule has 1 aliphatic rings. The van der Waals surface area contributed by atoms with Gasteiger partial charge in [0.25, 0.3) is 0 Å². The lowest BCUT2D eigenvalue weighted by Crippen LogP contribution is -2.25. The van der Waals surface area contributed by atoms with Crippen molar-refractivity contribution in [3.63, 3.8) is 0 Å². The Labute approximate surface area is 95.0 Å². The van der Waals surface area contributed by atoms with E-state index in [-0.39, 0.29) is 12.0 Å². The van der Waals surface area contributed by atoms with Crippen molar-refractivity contribution in [2.24, 2.45) is 5.92 Å². The van der Waals surface area contributed by atoms with Gasteiger partial charge in [-0.25, -0.2) is 0 Å². The Morgan fingerprint density at radius 2 is 2.06 bits per heavy atom. The average molecular weight is 220 g/mol. The minimum absolute atomic E-state index is 0.0598. The van der Waals surface area contributed by atoms with Crippen molar-refractivity contribution in [3.05, 3.63) is 35.4 Å². The van der Waals surface area contributed by atoms with E-state index in [1.807, 2.05) is 31.2 Å². The van der Waals surface area contributed by atoms with Crippen LogP contribution in [0.1, 0.15) is 30.1 Å². The first-order valence-corrected chi connectivity index (χ1v) is 5.58. The van der Waals surface area contributed by atoms with Gasteiger partial charge in [-0.3, -0.25) is 4.79 Å². The quantitative estimate of drug-likeness (QED) is 0.833. The van der Waals surface area contributed by atoms with Gasteiger partial charge >= 0.3 is 5.97 Å². The van der Waals surface area contributed by atoms with Gasteiger partial charge in [-0.05, 0) is 25.3 Å². The predicted octanol–water partition coefficient (Wildman–Crippen LogP) is 2.55. The molecule has 3 heteroatoms. The van der Waals surface area contributed by atoms with Gasteiger partial charge in [0, 0.05) is 6.61 Å². The largest absolute Gasteiger partial charge is 0.481 e. The molecule has 0 radical (unpaired) electrons. The summed E-state index contributed by atoms with van der Waals surface area (Å²) in [5, 5.41) is 8.99. The lowest BCUT2D eigenvalue weighted by atomic mass is 9.92. The summed E-state index contributed by atoms with van der Waals surface area (Å²) in [7, 11) is 0.